The molecule has 2 aliphatic rings. The van der Waals surface area contributed by atoms with Gasteiger partial charge in [-0.15, -0.1) is 12.4 Å². The molecule has 2 heterocycles. The number of halogens is 1. The van der Waals surface area contributed by atoms with Crippen LogP contribution in [0.5, 0.6) is 0 Å². The van der Waals surface area contributed by atoms with Crippen molar-refractivity contribution < 1.29 is 14.5 Å². The maximum Gasteiger partial charge on any atom is 0.272 e. The van der Waals surface area contributed by atoms with Crippen molar-refractivity contribution >= 4 is 29.9 Å². The van der Waals surface area contributed by atoms with Crippen molar-refractivity contribution in [3.63, 3.8) is 0 Å². The number of nitro groups is 1. The normalized spacial score (nSPS) is 19.7. The molecule has 0 bridgehead atoms. The van der Waals surface area contributed by atoms with Crippen molar-refractivity contribution in [2.75, 3.05) is 33.2 Å². The first-order valence-corrected chi connectivity index (χ1v) is 9.91. The molecule has 2 aliphatic heterocycles. The average Bonchev–Trinajstić information content (AvgIpc) is 3.17. The Labute approximate surface area is 177 Å². The first-order valence-electron chi connectivity index (χ1n) is 9.91. The largest absolute Gasteiger partial charge is 0.341 e. The Kier molecular flexibility index (Phi) is 7.98. The minimum atomic E-state index is -0.455. The number of nitro benzene ring substituents is 1. The summed E-state index contributed by atoms with van der Waals surface area (Å²) >= 11 is 0. The van der Waals surface area contributed by atoms with Gasteiger partial charge in [-0.05, 0) is 64.3 Å². The lowest BCUT2D eigenvalue weighted by atomic mass is 9.96. The van der Waals surface area contributed by atoms with Crippen LogP contribution in [0, 0.1) is 23.0 Å². The Morgan fingerprint density at radius 1 is 1.21 bits per heavy atom. The van der Waals surface area contributed by atoms with Crippen LogP contribution in [0.25, 0.3) is 0 Å². The minimum Gasteiger partial charge on any atom is -0.341 e. The van der Waals surface area contributed by atoms with Gasteiger partial charge in [-0.1, -0.05) is 0 Å². The number of carbonyl (C=O) groups excluding carboxylic acids is 2. The van der Waals surface area contributed by atoms with Crippen LogP contribution in [0.1, 0.15) is 41.6 Å². The lowest BCUT2D eigenvalue weighted by Crippen LogP contribution is -2.50. The van der Waals surface area contributed by atoms with Gasteiger partial charge in [0.1, 0.15) is 6.04 Å². The summed E-state index contributed by atoms with van der Waals surface area (Å²) in [7, 11) is 1.94. The van der Waals surface area contributed by atoms with Crippen LogP contribution in [0.2, 0.25) is 0 Å². The number of aryl methyl sites for hydroxylation is 1. The molecule has 0 spiro atoms. The van der Waals surface area contributed by atoms with Gasteiger partial charge in [0, 0.05) is 36.8 Å². The third-order valence-electron chi connectivity index (χ3n) is 5.86. The lowest BCUT2D eigenvalue weighted by Gasteiger charge is -2.35. The van der Waals surface area contributed by atoms with E-state index in [4.69, 9.17) is 0 Å². The molecule has 29 heavy (non-hydrogen) atoms. The lowest BCUT2D eigenvalue weighted by molar-refractivity contribution is -0.385. The fourth-order valence-electron chi connectivity index (χ4n) is 4.28. The molecule has 1 atom stereocenters. The number of carbonyl (C=O) groups is 2. The highest BCUT2D eigenvalue weighted by Gasteiger charge is 2.38. The smallest absolute Gasteiger partial charge is 0.272 e. The maximum absolute atomic E-state index is 13.0. The number of nitrogens with zero attached hydrogens (tertiary/aromatic N) is 3. The van der Waals surface area contributed by atoms with E-state index in [1.807, 2.05) is 11.9 Å². The monoisotopic (exact) mass is 424 g/mol. The van der Waals surface area contributed by atoms with Crippen molar-refractivity contribution in [3.8, 4) is 0 Å². The predicted molar refractivity (Wildman–Crippen MR) is 112 cm³/mol. The van der Waals surface area contributed by atoms with Crippen LogP contribution in [0.4, 0.5) is 5.69 Å². The van der Waals surface area contributed by atoms with E-state index in [0.29, 0.717) is 30.0 Å². The van der Waals surface area contributed by atoms with Crippen LogP contribution < -0.4 is 5.32 Å². The fourth-order valence-corrected chi connectivity index (χ4v) is 4.28. The number of likely N-dealkylation sites (tertiary alicyclic amines) is 2. The van der Waals surface area contributed by atoms with Gasteiger partial charge in [0.05, 0.1) is 4.92 Å². The zero-order valence-electron chi connectivity index (χ0n) is 16.9. The molecule has 2 saturated heterocycles. The maximum atomic E-state index is 13.0. The molecule has 2 amide bonds. The van der Waals surface area contributed by atoms with E-state index in [1.165, 1.54) is 12.1 Å². The number of rotatable bonds is 5. The standard InChI is InChI=1S/C20H28N4O4.ClH/c1-14-12-16(5-6-17(14)24(27)28)19(25)23-9-3-4-18(23)20(26)22-10-7-15(8-11-22)13-21-2;/h5-6,12,15,18,21H,3-4,7-11,13H2,1-2H3;1H. The second kappa shape index (κ2) is 10.0. The van der Waals surface area contributed by atoms with Crippen LogP contribution >= 0.6 is 12.4 Å². The highest BCUT2D eigenvalue weighted by molar-refractivity contribution is 5.98. The second-order valence-corrected chi connectivity index (χ2v) is 7.74. The van der Waals surface area contributed by atoms with Gasteiger partial charge < -0.3 is 15.1 Å². The van der Waals surface area contributed by atoms with Crippen molar-refractivity contribution in [1.29, 1.82) is 0 Å². The number of piperidine rings is 1. The molecule has 0 aliphatic carbocycles. The van der Waals surface area contributed by atoms with E-state index in [2.05, 4.69) is 5.32 Å². The Hall–Kier alpha value is -2.19. The van der Waals surface area contributed by atoms with E-state index < -0.39 is 11.0 Å². The van der Waals surface area contributed by atoms with E-state index in [0.717, 1.165) is 38.9 Å². The van der Waals surface area contributed by atoms with Gasteiger partial charge in [0.25, 0.3) is 11.6 Å². The second-order valence-electron chi connectivity index (χ2n) is 7.74. The molecule has 160 valence electrons. The van der Waals surface area contributed by atoms with Gasteiger partial charge in [-0.3, -0.25) is 19.7 Å². The van der Waals surface area contributed by atoms with Crippen molar-refractivity contribution in [3.05, 3.63) is 39.4 Å². The fraction of sp³-hybridized carbons (Fsp3) is 0.600. The molecule has 1 unspecified atom stereocenters. The third-order valence-corrected chi connectivity index (χ3v) is 5.86. The summed E-state index contributed by atoms with van der Waals surface area (Å²) in [6.45, 7) is 4.61. The molecule has 0 saturated carbocycles. The van der Waals surface area contributed by atoms with E-state index in [9.17, 15) is 19.7 Å². The van der Waals surface area contributed by atoms with Gasteiger partial charge in [-0.25, -0.2) is 0 Å². The van der Waals surface area contributed by atoms with Crippen LogP contribution in [-0.2, 0) is 4.79 Å². The molecule has 9 heteroatoms. The molecule has 2 fully saturated rings. The number of hydrogen-bond donors (Lipinski definition) is 1. The Bertz CT molecular complexity index is 765. The minimum absolute atomic E-state index is 0. The van der Waals surface area contributed by atoms with Gasteiger partial charge in [0.2, 0.25) is 5.91 Å². The highest BCUT2D eigenvalue weighted by Crippen LogP contribution is 2.26. The molecule has 3 rings (SSSR count). The van der Waals surface area contributed by atoms with Crippen molar-refractivity contribution in [2.24, 2.45) is 5.92 Å². The number of amides is 2. The first kappa shape index (κ1) is 23.1. The van der Waals surface area contributed by atoms with Crippen molar-refractivity contribution in [1.82, 2.24) is 15.1 Å². The Balaban J connectivity index is 0.00000300. The van der Waals surface area contributed by atoms with Crippen LogP contribution in [0.15, 0.2) is 18.2 Å². The van der Waals surface area contributed by atoms with Gasteiger partial charge >= 0.3 is 0 Å². The van der Waals surface area contributed by atoms with E-state index in [-0.39, 0.29) is 29.9 Å². The topological polar surface area (TPSA) is 95.8 Å². The molecule has 1 N–H and O–H groups in total. The van der Waals surface area contributed by atoms with E-state index in [1.54, 1.807) is 17.9 Å². The zero-order chi connectivity index (χ0) is 20.3. The van der Waals surface area contributed by atoms with Crippen LogP contribution in [-0.4, -0.2) is 65.8 Å². The third kappa shape index (κ3) is 5.05. The molecule has 0 radical (unpaired) electrons. The van der Waals surface area contributed by atoms with Gasteiger partial charge in [-0.2, -0.15) is 0 Å². The van der Waals surface area contributed by atoms with E-state index >= 15 is 0 Å². The SMILES string of the molecule is CNCC1CCN(C(=O)C2CCCN2C(=O)c2ccc([N+](=O)[O-])c(C)c2)CC1.Cl. The molecule has 8 nitrogen and oxygen atoms in total. The van der Waals surface area contributed by atoms with Gasteiger partial charge in [0.15, 0.2) is 0 Å². The Morgan fingerprint density at radius 3 is 2.48 bits per heavy atom. The van der Waals surface area contributed by atoms with Crippen LogP contribution in [0.3, 0.4) is 0 Å². The predicted octanol–water partition coefficient (Wildman–Crippen LogP) is 2.39. The highest BCUT2D eigenvalue weighted by atomic mass is 35.5. The summed E-state index contributed by atoms with van der Waals surface area (Å²) in [5.41, 5.74) is 0.843. The molecular weight excluding hydrogens is 396 g/mol. The van der Waals surface area contributed by atoms with Crippen molar-refractivity contribution in [2.45, 2.75) is 38.6 Å². The molecule has 1 aromatic carbocycles. The molecule has 1 aromatic rings. The number of benzene rings is 1. The summed E-state index contributed by atoms with van der Waals surface area (Å²) in [5.74, 6) is 0.407. The number of nitrogens with one attached hydrogen (secondary N) is 1. The summed E-state index contributed by atoms with van der Waals surface area (Å²) in [5, 5.41) is 14.2. The average molecular weight is 425 g/mol. The quantitative estimate of drug-likeness (QED) is 0.578. The summed E-state index contributed by atoms with van der Waals surface area (Å²) in [4.78, 5) is 40.1. The summed E-state index contributed by atoms with van der Waals surface area (Å²) in [6.07, 6.45) is 3.43. The number of hydrogen-bond acceptors (Lipinski definition) is 5. The zero-order valence-corrected chi connectivity index (χ0v) is 17.7. The first-order chi connectivity index (χ1) is 13.4. The Morgan fingerprint density at radius 2 is 1.90 bits per heavy atom. The molecule has 0 aromatic heterocycles. The molecular formula is C20H29ClN4O4. The summed E-state index contributed by atoms with van der Waals surface area (Å²) < 4.78 is 0. The summed E-state index contributed by atoms with van der Waals surface area (Å²) in [6, 6.07) is 3.96.